The first-order valence-electron chi connectivity index (χ1n) is 18.2. The van der Waals surface area contributed by atoms with Crippen LogP contribution in [0.4, 0.5) is 0 Å². The lowest BCUT2D eigenvalue weighted by molar-refractivity contribution is 0.953. The van der Waals surface area contributed by atoms with Crippen molar-refractivity contribution in [2.24, 2.45) is 0 Å². The van der Waals surface area contributed by atoms with Crippen LogP contribution >= 0.6 is 0 Å². The molecule has 0 unspecified atom stereocenters. The molecule has 0 aliphatic carbocycles. The van der Waals surface area contributed by atoms with Crippen LogP contribution in [0, 0.1) is 0 Å². The van der Waals surface area contributed by atoms with Gasteiger partial charge in [0.1, 0.15) is 0 Å². The molecule has 0 atom stereocenters. The molecule has 11 rings (SSSR count). The fraction of sp³-hybridized carbons (Fsp3) is 0. The summed E-state index contributed by atoms with van der Waals surface area (Å²) >= 11 is 0. The van der Waals surface area contributed by atoms with Crippen LogP contribution in [0.1, 0.15) is 0 Å². The van der Waals surface area contributed by atoms with E-state index in [1.807, 2.05) is 36.4 Å². The number of fused-ring (bicyclic) bond motifs is 9. The average Bonchev–Trinajstić information content (AvgIpc) is 3.78. The number of hydrogen-bond acceptors (Lipinski definition) is 3. The van der Waals surface area contributed by atoms with E-state index in [1.165, 1.54) is 43.6 Å². The Bertz CT molecular complexity index is 3140. The lowest BCUT2D eigenvalue weighted by Crippen LogP contribution is -2.06. The first kappa shape index (κ1) is 30.3. The van der Waals surface area contributed by atoms with Gasteiger partial charge in [-0.15, -0.1) is 0 Å². The van der Waals surface area contributed by atoms with Gasteiger partial charge in [0.05, 0.1) is 22.1 Å². The molecule has 5 heteroatoms. The number of hydrogen-bond donors (Lipinski definition) is 0. The molecular weight excluding hydrogens is 659 g/mol. The highest BCUT2D eigenvalue weighted by Gasteiger charge is 2.23. The van der Waals surface area contributed by atoms with Crippen LogP contribution in [0.15, 0.2) is 188 Å². The minimum Gasteiger partial charge on any atom is -0.309 e. The second-order valence-electron chi connectivity index (χ2n) is 13.7. The quantitative estimate of drug-likeness (QED) is 0.181. The standard InChI is InChI=1S/C49H31N5/c1-4-15-32(16-5-1)36-22-14-23-37(31-36)53-42-29-30-43-44(45(42)40-28-27-33-17-10-11-24-38(33)46(40)53)39-25-12-13-26-41(39)54(43)49-51-47(34-18-6-2-7-19-34)50-48(52-49)35-20-8-3-9-21-35/h1-31H. The van der Waals surface area contributed by atoms with Crippen molar-refractivity contribution in [2.75, 3.05) is 0 Å². The van der Waals surface area contributed by atoms with E-state index in [1.54, 1.807) is 0 Å². The molecule has 3 heterocycles. The van der Waals surface area contributed by atoms with Crippen molar-refractivity contribution < 1.29 is 0 Å². The predicted molar refractivity (Wildman–Crippen MR) is 222 cm³/mol. The first-order chi connectivity index (χ1) is 26.8. The van der Waals surface area contributed by atoms with Crippen molar-refractivity contribution in [3.8, 4) is 45.5 Å². The van der Waals surface area contributed by atoms with E-state index in [4.69, 9.17) is 15.0 Å². The van der Waals surface area contributed by atoms with Crippen LogP contribution in [-0.4, -0.2) is 24.1 Å². The average molecular weight is 690 g/mol. The van der Waals surface area contributed by atoms with E-state index in [0.29, 0.717) is 17.6 Å². The van der Waals surface area contributed by atoms with Gasteiger partial charge in [-0.3, -0.25) is 4.57 Å². The van der Waals surface area contributed by atoms with Gasteiger partial charge in [0.2, 0.25) is 5.95 Å². The Balaban J connectivity index is 1.26. The second kappa shape index (κ2) is 12.1. The van der Waals surface area contributed by atoms with Gasteiger partial charge in [0.15, 0.2) is 11.6 Å². The van der Waals surface area contributed by atoms with Crippen LogP contribution in [0.5, 0.6) is 0 Å². The van der Waals surface area contributed by atoms with Crippen LogP contribution in [-0.2, 0) is 0 Å². The first-order valence-corrected chi connectivity index (χ1v) is 18.2. The molecule has 0 N–H and O–H groups in total. The molecule has 0 radical (unpaired) electrons. The van der Waals surface area contributed by atoms with E-state index in [0.717, 1.165) is 38.8 Å². The summed E-state index contributed by atoms with van der Waals surface area (Å²) < 4.78 is 4.67. The van der Waals surface area contributed by atoms with Crippen LogP contribution in [0.3, 0.4) is 0 Å². The molecule has 5 nitrogen and oxygen atoms in total. The lowest BCUT2D eigenvalue weighted by Gasteiger charge is -2.12. The Morgan fingerprint density at radius 1 is 0.333 bits per heavy atom. The number of benzene rings is 8. The molecule has 54 heavy (non-hydrogen) atoms. The lowest BCUT2D eigenvalue weighted by atomic mass is 10.0. The molecule has 0 saturated heterocycles. The predicted octanol–water partition coefficient (Wildman–Crippen LogP) is 12.2. The Hall–Kier alpha value is -7.37. The van der Waals surface area contributed by atoms with Crippen molar-refractivity contribution in [1.29, 1.82) is 0 Å². The molecule has 0 saturated carbocycles. The van der Waals surface area contributed by atoms with Crippen LogP contribution < -0.4 is 0 Å². The van der Waals surface area contributed by atoms with Crippen LogP contribution in [0.2, 0.25) is 0 Å². The summed E-state index contributed by atoms with van der Waals surface area (Å²) in [5.41, 5.74) is 9.78. The summed E-state index contributed by atoms with van der Waals surface area (Å²) in [5.74, 6) is 1.85. The Labute approximate surface area is 311 Å². The third-order valence-corrected chi connectivity index (χ3v) is 10.6. The highest BCUT2D eigenvalue weighted by molar-refractivity contribution is 6.31. The minimum atomic E-state index is 0.581. The normalized spacial score (nSPS) is 11.7. The van der Waals surface area contributed by atoms with E-state index in [2.05, 4.69) is 161 Å². The maximum atomic E-state index is 5.18. The number of aromatic nitrogens is 5. The van der Waals surface area contributed by atoms with Gasteiger partial charge in [-0.2, -0.15) is 9.97 Å². The fourth-order valence-corrected chi connectivity index (χ4v) is 8.16. The highest BCUT2D eigenvalue weighted by atomic mass is 15.2. The van der Waals surface area contributed by atoms with E-state index < -0.39 is 0 Å². The zero-order valence-electron chi connectivity index (χ0n) is 29.1. The van der Waals surface area contributed by atoms with Crippen molar-refractivity contribution in [3.05, 3.63) is 188 Å². The molecule has 0 amide bonds. The maximum absolute atomic E-state index is 5.18. The molecule has 3 aromatic heterocycles. The molecule has 8 aromatic carbocycles. The zero-order valence-corrected chi connectivity index (χ0v) is 29.1. The van der Waals surface area contributed by atoms with E-state index in [-0.39, 0.29) is 0 Å². The molecule has 0 aliphatic heterocycles. The van der Waals surface area contributed by atoms with E-state index >= 15 is 0 Å². The molecule has 0 aliphatic rings. The van der Waals surface area contributed by atoms with Gasteiger partial charge in [0.25, 0.3) is 0 Å². The van der Waals surface area contributed by atoms with Crippen molar-refractivity contribution >= 4 is 54.4 Å². The summed E-state index contributed by atoms with van der Waals surface area (Å²) in [6.07, 6.45) is 0. The summed E-state index contributed by atoms with van der Waals surface area (Å²) in [6, 6.07) is 66.2. The second-order valence-corrected chi connectivity index (χ2v) is 13.7. The molecule has 0 spiro atoms. The minimum absolute atomic E-state index is 0.581. The summed E-state index contributed by atoms with van der Waals surface area (Å²) in [5, 5.41) is 7.14. The topological polar surface area (TPSA) is 48.5 Å². The van der Waals surface area contributed by atoms with Crippen LogP contribution in [0.25, 0.3) is 99.9 Å². The summed E-state index contributed by atoms with van der Waals surface area (Å²) in [4.78, 5) is 15.4. The molecule has 0 fully saturated rings. The highest BCUT2D eigenvalue weighted by Crippen LogP contribution is 2.44. The SMILES string of the molecule is c1ccc(-c2cccc(-n3c4ccc5c(c6ccccc6n5-c5nc(-c6ccccc6)nc(-c6ccccc6)n5)c4c4ccc5ccccc5c43)c2)cc1. The molecule has 252 valence electrons. The monoisotopic (exact) mass is 689 g/mol. The van der Waals surface area contributed by atoms with Crippen molar-refractivity contribution in [2.45, 2.75) is 0 Å². The smallest absolute Gasteiger partial charge is 0.238 e. The Morgan fingerprint density at radius 2 is 0.889 bits per heavy atom. The molecule has 0 bridgehead atoms. The fourth-order valence-electron chi connectivity index (χ4n) is 8.16. The van der Waals surface area contributed by atoms with Gasteiger partial charge in [0, 0.05) is 43.7 Å². The maximum Gasteiger partial charge on any atom is 0.238 e. The Morgan fingerprint density at radius 3 is 1.59 bits per heavy atom. The largest absolute Gasteiger partial charge is 0.309 e. The molecule has 11 aromatic rings. The van der Waals surface area contributed by atoms with Crippen molar-refractivity contribution in [1.82, 2.24) is 24.1 Å². The third kappa shape index (κ3) is 4.69. The summed E-state index contributed by atoms with van der Waals surface area (Å²) in [6.45, 7) is 0. The van der Waals surface area contributed by atoms with E-state index in [9.17, 15) is 0 Å². The zero-order chi connectivity index (χ0) is 35.6. The van der Waals surface area contributed by atoms with Crippen molar-refractivity contribution in [3.63, 3.8) is 0 Å². The number of rotatable bonds is 5. The van der Waals surface area contributed by atoms with Gasteiger partial charge in [-0.05, 0) is 46.8 Å². The molecular formula is C49H31N5. The van der Waals surface area contributed by atoms with Gasteiger partial charge >= 0.3 is 0 Å². The Kier molecular flexibility index (Phi) is 6.79. The van der Waals surface area contributed by atoms with Gasteiger partial charge < -0.3 is 4.57 Å². The number of nitrogens with zero attached hydrogens (tertiary/aromatic N) is 5. The third-order valence-electron chi connectivity index (χ3n) is 10.6. The van der Waals surface area contributed by atoms with Gasteiger partial charge in [-0.1, -0.05) is 158 Å². The number of para-hydroxylation sites is 1. The summed E-state index contributed by atoms with van der Waals surface area (Å²) in [7, 11) is 0. The van der Waals surface area contributed by atoms with Gasteiger partial charge in [-0.25, -0.2) is 4.98 Å².